The summed E-state index contributed by atoms with van der Waals surface area (Å²) in [6.45, 7) is 3.96. The van der Waals surface area contributed by atoms with Gasteiger partial charge < -0.3 is 29.9 Å². The minimum Gasteiger partial charge on any atom is -0.478 e. The number of aromatic nitrogens is 2. The molecule has 2 aromatic heterocycles. The lowest BCUT2D eigenvalue weighted by atomic mass is 9.96. The number of pyridine rings is 1. The number of carboxylic acid groups (broad SMARTS) is 1. The van der Waals surface area contributed by atoms with E-state index in [4.69, 9.17) is 28.6 Å². The maximum Gasteiger partial charge on any atom is 0.335 e. The van der Waals surface area contributed by atoms with E-state index < -0.39 is 5.97 Å². The number of rotatable bonds is 8. The van der Waals surface area contributed by atoms with Crippen molar-refractivity contribution in [3.05, 3.63) is 106 Å². The molecule has 1 amide bonds. The number of thiocarbonyl (C=S) groups is 1. The van der Waals surface area contributed by atoms with E-state index in [2.05, 4.69) is 26.3 Å². The Balaban J connectivity index is 1.59. The lowest BCUT2D eigenvalue weighted by Crippen LogP contribution is -2.29. The number of hydrogen-bond acceptors (Lipinski definition) is 5. The lowest BCUT2D eigenvalue weighted by Gasteiger charge is -2.28. The van der Waals surface area contributed by atoms with Gasteiger partial charge in [0.05, 0.1) is 34.1 Å². The molecule has 1 saturated heterocycles. The summed E-state index contributed by atoms with van der Waals surface area (Å²) in [5.41, 5.74) is 6.09. The van der Waals surface area contributed by atoms with Gasteiger partial charge in [0.25, 0.3) is 0 Å². The van der Waals surface area contributed by atoms with Crippen molar-refractivity contribution in [2.45, 2.75) is 25.9 Å². The molecule has 1 fully saturated rings. The average Bonchev–Trinajstić information content (AvgIpc) is 3.45. The maximum absolute atomic E-state index is 12.1. The van der Waals surface area contributed by atoms with Gasteiger partial charge in [-0.05, 0) is 92.3 Å². The second-order valence-corrected chi connectivity index (χ2v) is 10.4. The Morgan fingerprint density at radius 1 is 1.10 bits per heavy atom. The van der Waals surface area contributed by atoms with Crippen LogP contribution in [0, 0.1) is 13.8 Å². The van der Waals surface area contributed by atoms with Crippen molar-refractivity contribution < 1.29 is 19.4 Å². The molecule has 4 aromatic rings. The van der Waals surface area contributed by atoms with E-state index in [1.807, 2.05) is 43.0 Å². The van der Waals surface area contributed by atoms with E-state index in [1.165, 1.54) is 7.11 Å². The molecule has 1 aliphatic heterocycles. The van der Waals surface area contributed by atoms with Crippen LogP contribution < -0.4 is 15.5 Å². The third kappa shape index (κ3) is 5.54. The maximum atomic E-state index is 12.1. The molecule has 3 heterocycles. The molecule has 2 aromatic carbocycles. The fourth-order valence-corrected chi connectivity index (χ4v) is 5.83. The fourth-order valence-electron chi connectivity index (χ4n) is 5.26. The minimum absolute atomic E-state index is 0.0826. The number of ether oxygens (including phenoxy) is 1. The van der Waals surface area contributed by atoms with E-state index in [1.54, 1.807) is 42.6 Å². The largest absolute Gasteiger partial charge is 0.478 e. The van der Waals surface area contributed by atoms with Crippen molar-refractivity contribution in [2.75, 3.05) is 23.9 Å². The zero-order chi connectivity index (χ0) is 29.3. The summed E-state index contributed by atoms with van der Waals surface area (Å²) >= 11 is 12.5. The van der Waals surface area contributed by atoms with Crippen LogP contribution in [0.1, 0.15) is 45.1 Å². The van der Waals surface area contributed by atoms with Crippen LogP contribution in [0.3, 0.4) is 0 Å². The Morgan fingerprint density at radius 2 is 1.83 bits per heavy atom. The van der Waals surface area contributed by atoms with Crippen molar-refractivity contribution in [1.29, 1.82) is 0 Å². The Hall–Kier alpha value is -4.25. The number of methoxy groups -OCH3 is 1. The van der Waals surface area contributed by atoms with Gasteiger partial charge in [0.15, 0.2) is 5.11 Å². The predicted octanol–water partition coefficient (Wildman–Crippen LogP) is 5.60. The van der Waals surface area contributed by atoms with Crippen molar-refractivity contribution in [3.63, 3.8) is 0 Å². The van der Waals surface area contributed by atoms with Crippen molar-refractivity contribution in [2.24, 2.45) is 0 Å². The highest BCUT2D eigenvalue weighted by Gasteiger charge is 2.42. The Labute approximate surface area is 247 Å². The van der Waals surface area contributed by atoms with Crippen LogP contribution >= 0.6 is 23.8 Å². The van der Waals surface area contributed by atoms with Gasteiger partial charge in [-0.1, -0.05) is 17.7 Å². The van der Waals surface area contributed by atoms with Crippen LogP contribution in [0.25, 0.3) is 5.69 Å². The molecule has 0 saturated carbocycles. The number of anilines is 2. The number of benzene rings is 2. The average molecular weight is 590 g/mol. The van der Waals surface area contributed by atoms with Gasteiger partial charge in [-0.2, -0.15) is 0 Å². The van der Waals surface area contributed by atoms with Crippen LogP contribution in [-0.2, 0) is 9.53 Å². The van der Waals surface area contributed by atoms with Gasteiger partial charge in [0.2, 0.25) is 5.91 Å². The number of nitrogens with zero attached hydrogens (tertiary/aromatic N) is 3. The summed E-state index contributed by atoms with van der Waals surface area (Å²) in [6.07, 6.45) is 1.75. The van der Waals surface area contributed by atoms with Gasteiger partial charge in [0.1, 0.15) is 6.61 Å². The number of carboxylic acids is 1. The fraction of sp³-hybridized carbons (Fsp3) is 0.200. The van der Waals surface area contributed by atoms with Gasteiger partial charge in [-0.15, -0.1) is 0 Å². The SMILES string of the molecule is COCC(=O)Nc1ccc(N2C(=S)N[C@H](c3ccccn3)[C@@H]2c2cc(C)n(-c3ccc(C(=O)O)cc3)c2C)cc1Cl. The Morgan fingerprint density at radius 3 is 2.46 bits per heavy atom. The first-order chi connectivity index (χ1) is 19.7. The summed E-state index contributed by atoms with van der Waals surface area (Å²) in [7, 11) is 1.45. The normalized spacial score (nSPS) is 16.5. The number of hydrogen-bond donors (Lipinski definition) is 3. The molecule has 11 heteroatoms. The zero-order valence-electron chi connectivity index (χ0n) is 22.6. The van der Waals surface area contributed by atoms with Gasteiger partial charge in [-0.25, -0.2) is 4.79 Å². The number of nitrogens with one attached hydrogen (secondary N) is 2. The molecule has 3 N–H and O–H groups in total. The van der Waals surface area contributed by atoms with E-state index in [-0.39, 0.29) is 30.2 Å². The number of carbonyl (C=O) groups is 2. The summed E-state index contributed by atoms with van der Waals surface area (Å²) < 4.78 is 6.99. The summed E-state index contributed by atoms with van der Waals surface area (Å²) in [4.78, 5) is 30.1. The second kappa shape index (κ2) is 11.7. The Kier molecular flexibility index (Phi) is 8.07. The van der Waals surface area contributed by atoms with Crippen LogP contribution in [0.15, 0.2) is 72.9 Å². The molecule has 2 atom stereocenters. The summed E-state index contributed by atoms with van der Waals surface area (Å²) in [5.74, 6) is -1.28. The number of carbonyl (C=O) groups excluding carboxylic acids is 1. The summed E-state index contributed by atoms with van der Waals surface area (Å²) in [5, 5.41) is 16.4. The molecule has 0 radical (unpaired) electrons. The molecule has 0 aliphatic carbocycles. The molecule has 0 spiro atoms. The van der Waals surface area contributed by atoms with Gasteiger partial charge in [-0.3, -0.25) is 9.78 Å². The van der Waals surface area contributed by atoms with E-state index in [0.29, 0.717) is 15.8 Å². The molecule has 9 nitrogen and oxygen atoms in total. The number of amides is 1. The molecule has 0 unspecified atom stereocenters. The van der Waals surface area contributed by atoms with Crippen molar-refractivity contribution in [1.82, 2.24) is 14.9 Å². The number of halogens is 1. The molecule has 0 bridgehead atoms. The van der Waals surface area contributed by atoms with Gasteiger partial charge in [0, 0.05) is 36.1 Å². The molecular formula is C30H28ClN5O4S. The first-order valence-corrected chi connectivity index (χ1v) is 13.6. The van der Waals surface area contributed by atoms with Crippen LogP contribution in [0.2, 0.25) is 5.02 Å². The molecule has 210 valence electrons. The monoisotopic (exact) mass is 589 g/mol. The van der Waals surface area contributed by atoms with Gasteiger partial charge >= 0.3 is 5.97 Å². The minimum atomic E-state index is -0.972. The van der Waals surface area contributed by atoms with Crippen LogP contribution in [0.5, 0.6) is 0 Å². The number of aryl methyl sites for hydroxylation is 1. The third-order valence-electron chi connectivity index (χ3n) is 7.04. The van der Waals surface area contributed by atoms with Crippen molar-refractivity contribution >= 4 is 52.2 Å². The quantitative estimate of drug-likeness (QED) is 0.228. The highest BCUT2D eigenvalue weighted by molar-refractivity contribution is 7.80. The second-order valence-electron chi connectivity index (χ2n) is 9.66. The first-order valence-electron chi connectivity index (χ1n) is 12.8. The molecule has 5 rings (SSSR count). The first kappa shape index (κ1) is 28.3. The van der Waals surface area contributed by atoms with Crippen LogP contribution in [-0.4, -0.2) is 45.4 Å². The highest BCUT2D eigenvalue weighted by atomic mass is 35.5. The van der Waals surface area contributed by atoms with E-state index in [9.17, 15) is 14.7 Å². The predicted molar refractivity (Wildman–Crippen MR) is 162 cm³/mol. The standard InChI is InChI=1S/C30H28ClN5O4S/c1-17-14-22(18(2)35(17)20-9-7-19(8-10-20)29(38)39)28-27(25-6-4-5-13-32-25)34-30(41)36(28)21-11-12-24(23(31)15-21)33-26(37)16-40-3/h4-15,27-28H,16H2,1-3H3,(H,33,37)(H,34,41)(H,38,39)/t27-,28+/m1/s1. The molecule has 41 heavy (non-hydrogen) atoms. The third-order valence-corrected chi connectivity index (χ3v) is 7.67. The summed E-state index contributed by atoms with van der Waals surface area (Å²) in [6, 6.07) is 19.5. The molecule has 1 aliphatic rings. The lowest BCUT2D eigenvalue weighted by molar-refractivity contribution is -0.119. The molecular weight excluding hydrogens is 562 g/mol. The van der Waals surface area contributed by atoms with E-state index >= 15 is 0 Å². The highest BCUT2D eigenvalue weighted by Crippen LogP contribution is 2.44. The number of aromatic carboxylic acids is 1. The van der Waals surface area contributed by atoms with E-state index in [0.717, 1.165) is 34.0 Å². The topological polar surface area (TPSA) is 109 Å². The Bertz CT molecular complexity index is 1620. The smallest absolute Gasteiger partial charge is 0.335 e. The van der Waals surface area contributed by atoms with Crippen LogP contribution in [0.4, 0.5) is 11.4 Å². The zero-order valence-corrected chi connectivity index (χ0v) is 24.2. The van der Waals surface area contributed by atoms with Crippen molar-refractivity contribution in [3.8, 4) is 5.69 Å².